The fraction of sp³-hybridized carbons (Fsp3) is 0.667. The SMILES string of the molecule is CC(C)(C)CC(=O)N1C[C@H]2C[C@H](C1)c1ccc(NC(=O)C3CC3)c(=O)n1C2. The number of anilines is 1. The van der Waals surface area contributed by atoms with E-state index in [1.807, 2.05) is 15.5 Å². The molecule has 2 aliphatic heterocycles. The highest BCUT2D eigenvalue weighted by atomic mass is 16.2. The Morgan fingerprint density at radius 3 is 2.56 bits per heavy atom. The fourth-order valence-corrected chi connectivity index (χ4v) is 4.39. The molecule has 2 atom stereocenters. The Bertz CT molecular complexity index is 832. The van der Waals surface area contributed by atoms with E-state index in [2.05, 4.69) is 26.1 Å². The lowest BCUT2D eigenvalue weighted by atomic mass is 9.82. The Morgan fingerprint density at radius 1 is 1.15 bits per heavy atom. The molecule has 0 aromatic carbocycles. The predicted octanol–water partition coefficient (Wildman–Crippen LogP) is 2.58. The molecule has 1 N–H and O–H groups in total. The van der Waals surface area contributed by atoms with Gasteiger partial charge in [-0.05, 0) is 42.7 Å². The number of nitrogens with zero attached hydrogens (tertiary/aromatic N) is 2. The number of hydrogen-bond donors (Lipinski definition) is 1. The standard InChI is InChI=1S/C21H29N3O3/c1-21(2,3)9-18(25)23-10-13-8-15(12-23)17-7-6-16(20(27)24(17)11-13)22-19(26)14-4-5-14/h6-7,13-15H,4-5,8-12H2,1-3H3,(H,22,26)/t13-,15-/m1/s1. The van der Waals surface area contributed by atoms with Crippen LogP contribution in [-0.4, -0.2) is 34.4 Å². The van der Waals surface area contributed by atoms with Gasteiger partial charge in [0, 0.05) is 43.6 Å². The summed E-state index contributed by atoms with van der Waals surface area (Å²) in [4.78, 5) is 39.6. The normalized spacial score (nSPS) is 24.3. The van der Waals surface area contributed by atoms with E-state index in [4.69, 9.17) is 0 Å². The summed E-state index contributed by atoms with van der Waals surface area (Å²) in [6.07, 6.45) is 3.40. The molecule has 1 saturated carbocycles. The highest BCUT2D eigenvalue weighted by Crippen LogP contribution is 2.36. The Kier molecular flexibility index (Phi) is 4.40. The zero-order valence-electron chi connectivity index (χ0n) is 16.5. The van der Waals surface area contributed by atoms with Gasteiger partial charge in [-0.15, -0.1) is 0 Å². The third-order valence-electron chi connectivity index (χ3n) is 5.84. The van der Waals surface area contributed by atoms with Crippen LogP contribution in [0.4, 0.5) is 5.69 Å². The number of likely N-dealkylation sites (tertiary alicyclic amines) is 1. The maximum Gasteiger partial charge on any atom is 0.274 e. The van der Waals surface area contributed by atoms with Crippen molar-refractivity contribution in [3.8, 4) is 0 Å². The molecule has 6 heteroatoms. The first-order valence-corrected chi connectivity index (χ1v) is 10.0. The van der Waals surface area contributed by atoms with Crippen LogP contribution in [0.3, 0.4) is 0 Å². The second-order valence-electron chi connectivity index (χ2n) is 9.69. The van der Waals surface area contributed by atoms with E-state index in [-0.39, 0.29) is 34.6 Å². The van der Waals surface area contributed by atoms with Gasteiger partial charge >= 0.3 is 0 Å². The van der Waals surface area contributed by atoms with Crippen molar-refractivity contribution in [2.24, 2.45) is 17.3 Å². The molecule has 0 unspecified atom stereocenters. The third kappa shape index (κ3) is 3.80. The molecule has 27 heavy (non-hydrogen) atoms. The van der Waals surface area contributed by atoms with E-state index in [0.717, 1.165) is 31.5 Å². The van der Waals surface area contributed by atoms with Gasteiger partial charge in [0.05, 0.1) is 0 Å². The molecule has 3 heterocycles. The van der Waals surface area contributed by atoms with Crippen molar-refractivity contribution in [2.45, 2.75) is 58.9 Å². The van der Waals surface area contributed by atoms with Crippen molar-refractivity contribution >= 4 is 17.5 Å². The number of piperidine rings is 1. The molecule has 0 radical (unpaired) electrons. The van der Waals surface area contributed by atoms with Crippen LogP contribution in [0.2, 0.25) is 0 Å². The Hall–Kier alpha value is -2.11. The van der Waals surface area contributed by atoms with Crippen molar-refractivity contribution in [1.82, 2.24) is 9.47 Å². The second-order valence-corrected chi connectivity index (χ2v) is 9.69. The van der Waals surface area contributed by atoms with E-state index < -0.39 is 0 Å². The molecule has 1 aromatic rings. The van der Waals surface area contributed by atoms with Gasteiger partial charge in [-0.2, -0.15) is 0 Å². The zero-order chi connectivity index (χ0) is 19.3. The smallest absolute Gasteiger partial charge is 0.274 e. The summed E-state index contributed by atoms with van der Waals surface area (Å²) in [5.74, 6) is 0.741. The number of aromatic nitrogens is 1. The van der Waals surface area contributed by atoms with E-state index in [9.17, 15) is 14.4 Å². The summed E-state index contributed by atoms with van der Waals surface area (Å²) in [6.45, 7) is 8.28. The maximum absolute atomic E-state index is 12.9. The molecule has 2 amide bonds. The molecular formula is C21H29N3O3. The minimum Gasteiger partial charge on any atom is -0.342 e. The lowest BCUT2D eigenvalue weighted by Gasteiger charge is -2.43. The summed E-state index contributed by atoms with van der Waals surface area (Å²) >= 11 is 0. The highest BCUT2D eigenvalue weighted by Gasteiger charge is 2.37. The molecule has 6 nitrogen and oxygen atoms in total. The predicted molar refractivity (Wildman–Crippen MR) is 104 cm³/mol. The largest absolute Gasteiger partial charge is 0.342 e. The Morgan fingerprint density at radius 2 is 1.89 bits per heavy atom. The minimum atomic E-state index is -0.106. The van der Waals surface area contributed by atoms with E-state index >= 15 is 0 Å². The van der Waals surface area contributed by atoms with Gasteiger partial charge in [0.15, 0.2) is 0 Å². The molecule has 0 spiro atoms. The molecule has 4 rings (SSSR count). The molecule has 146 valence electrons. The van der Waals surface area contributed by atoms with E-state index in [1.165, 1.54) is 0 Å². The van der Waals surface area contributed by atoms with Crippen molar-refractivity contribution in [1.29, 1.82) is 0 Å². The first-order valence-electron chi connectivity index (χ1n) is 10.0. The van der Waals surface area contributed by atoms with Crippen LogP contribution < -0.4 is 10.9 Å². The summed E-state index contributed by atoms with van der Waals surface area (Å²) in [6, 6.07) is 3.70. The van der Waals surface area contributed by atoms with Crippen LogP contribution in [0.25, 0.3) is 0 Å². The molecule has 1 aliphatic carbocycles. The average Bonchev–Trinajstić information content (AvgIpc) is 3.41. The van der Waals surface area contributed by atoms with Crippen LogP contribution in [0.15, 0.2) is 16.9 Å². The Labute approximate surface area is 159 Å². The number of nitrogens with one attached hydrogen (secondary N) is 1. The van der Waals surface area contributed by atoms with Crippen LogP contribution in [0, 0.1) is 17.3 Å². The number of amides is 2. The lowest BCUT2D eigenvalue weighted by molar-refractivity contribution is -0.135. The topological polar surface area (TPSA) is 71.4 Å². The fourth-order valence-electron chi connectivity index (χ4n) is 4.39. The van der Waals surface area contributed by atoms with Gasteiger partial charge in [0.2, 0.25) is 11.8 Å². The number of rotatable bonds is 3. The summed E-state index contributed by atoms with van der Waals surface area (Å²) in [7, 11) is 0. The van der Waals surface area contributed by atoms with Crippen LogP contribution >= 0.6 is 0 Å². The van der Waals surface area contributed by atoms with Gasteiger partial charge in [0.1, 0.15) is 5.69 Å². The molecule has 1 saturated heterocycles. The number of hydrogen-bond acceptors (Lipinski definition) is 3. The Balaban J connectivity index is 1.54. The molecule has 3 aliphatic rings. The van der Waals surface area contributed by atoms with Crippen LogP contribution in [0.1, 0.15) is 58.1 Å². The first kappa shape index (κ1) is 18.3. The number of fused-ring (bicyclic) bond motifs is 4. The van der Waals surface area contributed by atoms with Gasteiger partial charge in [0.25, 0.3) is 5.56 Å². The van der Waals surface area contributed by atoms with Crippen molar-refractivity contribution in [3.05, 3.63) is 28.2 Å². The molecule has 2 bridgehead atoms. The number of carbonyl (C=O) groups excluding carboxylic acids is 2. The van der Waals surface area contributed by atoms with Gasteiger partial charge in [-0.1, -0.05) is 20.8 Å². The highest BCUT2D eigenvalue weighted by molar-refractivity contribution is 5.93. The van der Waals surface area contributed by atoms with E-state index in [0.29, 0.717) is 31.1 Å². The zero-order valence-corrected chi connectivity index (χ0v) is 16.5. The van der Waals surface area contributed by atoms with Gasteiger partial charge < -0.3 is 14.8 Å². The quantitative estimate of drug-likeness (QED) is 0.888. The van der Waals surface area contributed by atoms with Gasteiger partial charge in [-0.3, -0.25) is 14.4 Å². The van der Waals surface area contributed by atoms with Crippen molar-refractivity contribution in [2.75, 3.05) is 18.4 Å². The summed E-state index contributed by atoms with van der Waals surface area (Å²) in [5, 5.41) is 2.80. The van der Waals surface area contributed by atoms with Crippen LogP contribution in [-0.2, 0) is 16.1 Å². The summed E-state index contributed by atoms with van der Waals surface area (Å²) < 4.78 is 1.83. The first-order chi connectivity index (χ1) is 12.7. The molecule has 1 aromatic heterocycles. The van der Waals surface area contributed by atoms with Crippen molar-refractivity contribution in [3.63, 3.8) is 0 Å². The number of carbonyl (C=O) groups is 2. The lowest BCUT2D eigenvalue weighted by Crippen LogP contribution is -2.49. The average molecular weight is 371 g/mol. The third-order valence-corrected chi connectivity index (χ3v) is 5.84. The number of pyridine rings is 1. The van der Waals surface area contributed by atoms with Crippen LogP contribution in [0.5, 0.6) is 0 Å². The molecule has 2 fully saturated rings. The van der Waals surface area contributed by atoms with E-state index in [1.54, 1.807) is 6.07 Å². The molecular weight excluding hydrogens is 342 g/mol. The van der Waals surface area contributed by atoms with Crippen molar-refractivity contribution < 1.29 is 9.59 Å². The maximum atomic E-state index is 12.9. The summed E-state index contributed by atoms with van der Waals surface area (Å²) in [5.41, 5.74) is 1.25. The monoisotopic (exact) mass is 371 g/mol. The minimum absolute atomic E-state index is 0.0207. The second kappa shape index (κ2) is 6.50. The van der Waals surface area contributed by atoms with Gasteiger partial charge in [-0.25, -0.2) is 0 Å².